The van der Waals surface area contributed by atoms with E-state index in [0.29, 0.717) is 17.1 Å². The lowest BCUT2D eigenvalue weighted by Crippen LogP contribution is -2.36. The largest absolute Gasteiger partial charge is 0.497 e. The van der Waals surface area contributed by atoms with Gasteiger partial charge in [0.2, 0.25) is 11.8 Å². The maximum absolute atomic E-state index is 12.3. The van der Waals surface area contributed by atoms with Crippen LogP contribution in [0.5, 0.6) is 5.75 Å². The Labute approximate surface area is 143 Å². The van der Waals surface area contributed by atoms with Gasteiger partial charge in [0.1, 0.15) is 12.3 Å². The lowest BCUT2D eigenvalue weighted by molar-refractivity contribution is -0.120. The summed E-state index contributed by atoms with van der Waals surface area (Å²) in [6.45, 7) is 1.35. The molecule has 1 N–H and O–H groups in total. The van der Waals surface area contributed by atoms with E-state index in [9.17, 15) is 9.59 Å². The standard InChI is InChI=1S/C17H17BrN2O3/c1-12(21)20(16-9-4-3-8-15(16)18)11-17(22)19-13-6-5-7-14(10-13)23-2/h3-10H,11H2,1-2H3,(H,19,22). The minimum Gasteiger partial charge on any atom is -0.497 e. The molecule has 0 atom stereocenters. The summed E-state index contributed by atoms with van der Waals surface area (Å²) in [6.07, 6.45) is 0. The number of hydrogen-bond acceptors (Lipinski definition) is 3. The molecule has 0 aliphatic carbocycles. The van der Waals surface area contributed by atoms with E-state index < -0.39 is 0 Å². The van der Waals surface area contributed by atoms with E-state index in [4.69, 9.17) is 4.74 Å². The summed E-state index contributed by atoms with van der Waals surface area (Å²) in [5.41, 5.74) is 1.27. The molecule has 0 unspecified atom stereocenters. The number of hydrogen-bond donors (Lipinski definition) is 1. The third-order valence-corrected chi connectivity index (χ3v) is 3.85. The van der Waals surface area contributed by atoms with Gasteiger partial charge >= 0.3 is 0 Å². The smallest absolute Gasteiger partial charge is 0.244 e. The summed E-state index contributed by atoms with van der Waals surface area (Å²) in [5, 5.41) is 2.76. The van der Waals surface area contributed by atoms with Gasteiger partial charge < -0.3 is 15.0 Å². The van der Waals surface area contributed by atoms with Crippen LogP contribution in [0.3, 0.4) is 0 Å². The van der Waals surface area contributed by atoms with Crippen molar-refractivity contribution < 1.29 is 14.3 Å². The second-order valence-corrected chi connectivity index (χ2v) is 5.69. The average molecular weight is 377 g/mol. The molecular formula is C17H17BrN2O3. The van der Waals surface area contributed by atoms with Gasteiger partial charge in [-0.25, -0.2) is 0 Å². The molecule has 0 fully saturated rings. The third kappa shape index (κ3) is 4.56. The fraction of sp³-hybridized carbons (Fsp3) is 0.176. The molecule has 2 aromatic carbocycles. The highest BCUT2D eigenvalue weighted by Gasteiger charge is 2.18. The highest BCUT2D eigenvalue weighted by atomic mass is 79.9. The summed E-state index contributed by atoms with van der Waals surface area (Å²) in [7, 11) is 1.56. The predicted octanol–water partition coefficient (Wildman–Crippen LogP) is 3.45. The van der Waals surface area contributed by atoms with E-state index in [1.54, 1.807) is 37.4 Å². The normalized spacial score (nSPS) is 10.0. The van der Waals surface area contributed by atoms with Crippen molar-refractivity contribution in [3.8, 4) is 5.75 Å². The van der Waals surface area contributed by atoms with Crippen molar-refractivity contribution in [2.45, 2.75) is 6.92 Å². The third-order valence-electron chi connectivity index (χ3n) is 3.18. The van der Waals surface area contributed by atoms with E-state index in [1.165, 1.54) is 11.8 Å². The lowest BCUT2D eigenvalue weighted by Gasteiger charge is -2.22. The van der Waals surface area contributed by atoms with Crippen LogP contribution in [0.2, 0.25) is 0 Å². The zero-order valence-corrected chi connectivity index (χ0v) is 14.5. The molecule has 2 aromatic rings. The number of benzene rings is 2. The number of halogens is 1. The molecule has 0 spiro atoms. The Morgan fingerprint density at radius 3 is 2.57 bits per heavy atom. The minimum absolute atomic E-state index is 0.0742. The number of ether oxygens (including phenoxy) is 1. The van der Waals surface area contributed by atoms with Gasteiger partial charge in [0.25, 0.3) is 0 Å². The molecule has 2 rings (SSSR count). The van der Waals surface area contributed by atoms with E-state index in [2.05, 4.69) is 21.2 Å². The van der Waals surface area contributed by atoms with Crippen LogP contribution in [0.15, 0.2) is 53.0 Å². The summed E-state index contributed by atoms with van der Waals surface area (Å²) in [4.78, 5) is 25.6. The van der Waals surface area contributed by atoms with Gasteiger partial charge in [0.05, 0.1) is 12.8 Å². The SMILES string of the molecule is COc1cccc(NC(=O)CN(C(C)=O)c2ccccc2Br)c1. The Hall–Kier alpha value is -2.34. The summed E-state index contributed by atoms with van der Waals surface area (Å²) < 4.78 is 5.87. The van der Waals surface area contributed by atoms with E-state index in [0.717, 1.165) is 4.47 Å². The first-order valence-electron chi connectivity index (χ1n) is 6.98. The average Bonchev–Trinajstić information content (AvgIpc) is 2.53. The van der Waals surface area contributed by atoms with Crippen LogP contribution in [-0.2, 0) is 9.59 Å². The van der Waals surface area contributed by atoms with Crippen molar-refractivity contribution in [1.29, 1.82) is 0 Å². The highest BCUT2D eigenvalue weighted by Crippen LogP contribution is 2.26. The van der Waals surface area contributed by atoms with Crippen LogP contribution < -0.4 is 15.0 Å². The van der Waals surface area contributed by atoms with Crippen molar-refractivity contribution in [3.05, 3.63) is 53.0 Å². The molecule has 23 heavy (non-hydrogen) atoms. The zero-order valence-electron chi connectivity index (χ0n) is 12.9. The van der Waals surface area contributed by atoms with E-state index in [-0.39, 0.29) is 18.4 Å². The Morgan fingerprint density at radius 2 is 1.91 bits per heavy atom. The lowest BCUT2D eigenvalue weighted by atomic mass is 10.2. The Balaban J connectivity index is 2.12. The molecule has 0 aliphatic heterocycles. The number of amides is 2. The number of nitrogens with one attached hydrogen (secondary N) is 1. The topological polar surface area (TPSA) is 58.6 Å². The summed E-state index contributed by atoms with van der Waals surface area (Å²) >= 11 is 3.40. The van der Waals surface area contributed by atoms with E-state index in [1.807, 2.05) is 18.2 Å². The number of anilines is 2. The molecule has 2 amide bonds. The molecule has 6 heteroatoms. The highest BCUT2D eigenvalue weighted by molar-refractivity contribution is 9.10. The number of rotatable bonds is 5. The zero-order chi connectivity index (χ0) is 16.8. The molecule has 0 aliphatic rings. The van der Waals surface area contributed by atoms with Crippen molar-refractivity contribution in [3.63, 3.8) is 0 Å². The van der Waals surface area contributed by atoms with Crippen LogP contribution in [0.1, 0.15) is 6.92 Å². The van der Waals surface area contributed by atoms with Crippen LogP contribution in [0, 0.1) is 0 Å². The van der Waals surface area contributed by atoms with Gasteiger partial charge in [-0.05, 0) is 40.2 Å². The molecule has 0 saturated carbocycles. The molecule has 0 aromatic heterocycles. The molecule has 0 bridgehead atoms. The first-order chi connectivity index (χ1) is 11.0. The van der Waals surface area contributed by atoms with E-state index >= 15 is 0 Å². The van der Waals surface area contributed by atoms with Crippen molar-refractivity contribution >= 4 is 39.1 Å². The molecule has 5 nitrogen and oxygen atoms in total. The Bertz CT molecular complexity index is 718. The van der Waals surface area contributed by atoms with Crippen LogP contribution in [0.4, 0.5) is 11.4 Å². The van der Waals surface area contributed by atoms with Crippen LogP contribution in [-0.4, -0.2) is 25.5 Å². The number of methoxy groups -OCH3 is 1. The summed E-state index contributed by atoms with van der Waals surface area (Å²) in [5.74, 6) is 0.152. The van der Waals surface area contributed by atoms with Crippen molar-refractivity contribution in [2.24, 2.45) is 0 Å². The van der Waals surface area contributed by atoms with Crippen LogP contribution in [0.25, 0.3) is 0 Å². The maximum Gasteiger partial charge on any atom is 0.244 e. The quantitative estimate of drug-likeness (QED) is 0.869. The first kappa shape index (κ1) is 17.0. The first-order valence-corrected chi connectivity index (χ1v) is 7.77. The van der Waals surface area contributed by atoms with Gasteiger partial charge in [-0.3, -0.25) is 9.59 Å². The van der Waals surface area contributed by atoms with Gasteiger partial charge in [-0.2, -0.15) is 0 Å². The molecule has 0 heterocycles. The van der Waals surface area contributed by atoms with Crippen molar-refractivity contribution in [2.75, 3.05) is 23.9 Å². The van der Waals surface area contributed by atoms with Gasteiger partial charge in [-0.15, -0.1) is 0 Å². The fourth-order valence-electron chi connectivity index (χ4n) is 2.08. The summed E-state index contributed by atoms with van der Waals surface area (Å²) in [6, 6.07) is 14.3. The molecule has 0 saturated heterocycles. The maximum atomic E-state index is 12.3. The van der Waals surface area contributed by atoms with Crippen LogP contribution >= 0.6 is 15.9 Å². The predicted molar refractivity (Wildman–Crippen MR) is 93.8 cm³/mol. The second-order valence-electron chi connectivity index (χ2n) is 4.84. The minimum atomic E-state index is -0.288. The Kier molecular flexibility index (Phi) is 5.76. The van der Waals surface area contributed by atoms with Gasteiger partial charge in [0.15, 0.2) is 0 Å². The molecule has 120 valence electrons. The number of para-hydroxylation sites is 1. The number of carbonyl (C=O) groups excluding carboxylic acids is 2. The monoisotopic (exact) mass is 376 g/mol. The number of nitrogens with zero attached hydrogens (tertiary/aromatic N) is 1. The van der Waals surface area contributed by atoms with Crippen molar-refractivity contribution in [1.82, 2.24) is 0 Å². The molecular weight excluding hydrogens is 360 g/mol. The Morgan fingerprint density at radius 1 is 1.17 bits per heavy atom. The fourth-order valence-corrected chi connectivity index (χ4v) is 2.58. The number of carbonyl (C=O) groups is 2. The van der Waals surface area contributed by atoms with Gasteiger partial charge in [0, 0.05) is 23.2 Å². The second kappa shape index (κ2) is 7.78. The molecule has 0 radical (unpaired) electrons. The van der Waals surface area contributed by atoms with Gasteiger partial charge in [-0.1, -0.05) is 18.2 Å².